The number of amides is 1. The lowest BCUT2D eigenvalue weighted by Gasteiger charge is -2.08. The molecule has 0 bridgehead atoms. The Morgan fingerprint density at radius 3 is 2.76 bits per heavy atom. The van der Waals surface area contributed by atoms with E-state index in [9.17, 15) is 4.79 Å². The largest absolute Gasteiger partial charge is 0.494 e. The SMILES string of the molecule is CCOc1ccc(NC(=O)c2nc3ccccc3n3cnnc23)cc1. The fourth-order valence-corrected chi connectivity index (χ4v) is 2.65. The summed E-state index contributed by atoms with van der Waals surface area (Å²) in [7, 11) is 0. The molecule has 2 aromatic carbocycles. The first-order valence-corrected chi connectivity index (χ1v) is 7.89. The quantitative estimate of drug-likeness (QED) is 0.621. The predicted octanol–water partition coefficient (Wildman–Crippen LogP) is 2.93. The second kappa shape index (κ2) is 6.20. The summed E-state index contributed by atoms with van der Waals surface area (Å²) in [6, 6.07) is 14.7. The lowest BCUT2D eigenvalue weighted by molar-refractivity contribution is 0.102. The van der Waals surface area contributed by atoms with Crippen LogP contribution >= 0.6 is 0 Å². The summed E-state index contributed by atoms with van der Waals surface area (Å²) in [4.78, 5) is 17.2. The van der Waals surface area contributed by atoms with Crippen LogP contribution in [0.4, 0.5) is 5.69 Å². The molecule has 25 heavy (non-hydrogen) atoms. The highest BCUT2D eigenvalue weighted by atomic mass is 16.5. The Morgan fingerprint density at radius 2 is 1.96 bits per heavy atom. The number of benzene rings is 2. The number of carbonyl (C=O) groups excluding carboxylic acids is 1. The average molecular weight is 333 g/mol. The van der Waals surface area contributed by atoms with Crippen molar-refractivity contribution in [2.75, 3.05) is 11.9 Å². The maximum atomic E-state index is 12.7. The zero-order chi connectivity index (χ0) is 17.2. The third-order valence-corrected chi connectivity index (χ3v) is 3.77. The second-order valence-electron chi connectivity index (χ2n) is 5.39. The van der Waals surface area contributed by atoms with E-state index < -0.39 is 0 Å². The van der Waals surface area contributed by atoms with Gasteiger partial charge >= 0.3 is 0 Å². The van der Waals surface area contributed by atoms with Crippen molar-refractivity contribution in [2.45, 2.75) is 6.92 Å². The molecule has 0 saturated heterocycles. The van der Waals surface area contributed by atoms with E-state index in [2.05, 4.69) is 20.5 Å². The van der Waals surface area contributed by atoms with Gasteiger partial charge in [0.2, 0.25) is 0 Å². The smallest absolute Gasteiger partial charge is 0.278 e. The van der Waals surface area contributed by atoms with E-state index in [1.165, 1.54) is 0 Å². The van der Waals surface area contributed by atoms with E-state index in [-0.39, 0.29) is 11.6 Å². The number of carbonyl (C=O) groups is 1. The van der Waals surface area contributed by atoms with Crippen molar-refractivity contribution in [3.05, 3.63) is 60.6 Å². The fraction of sp³-hybridized carbons (Fsp3) is 0.111. The van der Waals surface area contributed by atoms with Gasteiger partial charge in [-0.2, -0.15) is 0 Å². The van der Waals surface area contributed by atoms with Crippen molar-refractivity contribution >= 4 is 28.3 Å². The standard InChI is InChI=1S/C18H15N5O2/c1-2-25-13-9-7-12(8-10-13)20-18(24)16-17-22-19-11-23(17)15-6-4-3-5-14(15)21-16/h3-11H,2H2,1H3,(H,20,24). The number of nitrogens with zero attached hydrogens (tertiary/aromatic N) is 4. The van der Waals surface area contributed by atoms with Crippen LogP contribution in [0.3, 0.4) is 0 Å². The molecule has 0 spiro atoms. The molecule has 7 nitrogen and oxygen atoms in total. The van der Waals surface area contributed by atoms with Gasteiger partial charge in [0.25, 0.3) is 5.91 Å². The zero-order valence-electron chi connectivity index (χ0n) is 13.5. The molecule has 0 aliphatic heterocycles. The maximum absolute atomic E-state index is 12.7. The summed E-state index contributed by atoms with van der Waals surface area (Å²) >= 11 is 0. The van der Waals surface area contributed by atoms with Gasteiger partial charge in [0.05, 0.1) is 17.6 Å². The molecule has 0 unspecified atom stereocenters. The molecule has 0 saturated carbocycles. The first-order chi connectivity index (χ1) is 12.3. The minimum Gasteiger partial charge on any atom is -0.494 e. The number of nitrogens with one attached hydrogen (secondary N) is 1. The number of aromatic nitrogens is 4. The van der Waals surface area contributed by atoms with Crippen LogP contribution in [0.25, 0.3) is 16.7 Å². The van der Waals surface area contributed by atoms with Gasteiger partial charge in [0, 0.05) is 5.69 Å². The summed E-state index contributed by atoms with van der Waals surface area (Å²) in [5.41, 5.74) is 2.85. The molecule has 0 radical (unpaired) electrons. The summed E-state index contributed by atoms with van der Waals surface area (Å²) in [5, 5.41) is 10.8. The minimum absolute atomic E-state index is 0.227. The Balaban J connectivity index is 1.70. The monoisotopic (exact) mass is 333 g/mol. The molecule has 0 atom stereocenters. The molecule has 7 heteroatoms. The van der Waals surface area contributed by atoms with Crippen LogP contribution < -0.4 is 10.1 Å². The van der Waals surface area contributed by atoms with Crippen molar-refractivity contribution in [1.29, 1.82) is 0 Å². The number of hydrogen-bond donors (Lipinski definition) is 1. The van der Waals surface area contributed by atoms with Gasteiger partial charge in [-0.15, -0.1) is 10.2 Å². The van der Waals surface area contributed by atoms with E-state index in [1.54, 1.807) is 35.0 Å². The molecule has 4 aromatic rings. The van der Waals surface area contributed by atoms with Gasteiger partial charge in [0.15, 0.2) is 11.3 Å². The van der Waals surface area contributed by atoms with Crippen LogP contribution in [0.2, 0.25) is 0 Å². The molecule has 1 N–H and O–H groups in total. The van der Waals surface area contributed by atoms with Crippen LogP contribution in [-0.4, -0.2) is 32.1 Å². The minimum atomic E-state index is -0.340. The van der Waals surface area contributed by atoms with Crippen LogP contribution in [0, 0.1) is 0 Å². The molecular formula is C18H15N5O2. The Kier molecular flexibility index (Phi) is 3.74. The van der Waals surface area contributed by atoms with Crippen molar-refractivity contribution in [2.24, 2.45) is 0 Å². The number of hydrogen-bond acceptors (Lipinski definition) is 5. The molecule has 2 aromatic heterocycles. The molecule has 0 aliphatic rings. The van der Waals surface area contributed by atoms with Gasteiger partial charge < -0.3 is 10.1 Å². The molecule has 0 fully saturated rings. The first-order valence-electron chi connectivity index (χ1n) is 7.89. The molecule has 0 aliphatic carbocycles. The zero-order valence-corrected chi connectivity index (χ0v) is 13.5. The van der Waals surface area contributed by atoms with Gasteiger partial charge in [0.1, 0.15) is 12.1 Å². The highest BCUT2D eigenvalue weighted by Crippen LogP contribution is 2.19. The van der Waals surface area contributed by atoms with Crippen LogP contribution in [-0.2, 0) is 0 Å². The summed E-state index contributed by atoms with van der Waals surface area (Å²) in [6.45, 7) is 2.52. The number of anilines is 1. The van der Waals surface area contributed by atoms with Crippen molar-refractivity contribution in [1.82, 2.24) is 19.6 Å². The van der Waals surface area contributed by atoms with Crippen LogP contribution in [0.1, 0.15) is 17.4 Å². The Hall–Kier alpha value is -3.48. The van der Waals surface area contributed by atoms with E-state index in [0.29, 0.717) is 23.5 Å². The van der Waals surface area contributed by atoms with Gasteiger partial charge in [-0.25, -0.2) is 4.98 Å². The van der Waals surface area contributed by atoms with Gasteiger partial charge in [-0.1, -0.05) is 12.1 Å². The predicted molar refractivity (Wildman–Crippen MR) is 93.9 cm³/mol. The average Bonchev–Trinajstić information content (AvgIpc) is 3.13. The van der Waals surface area contributed by atoms with E-state index in [1.807, 2.05) is 31.2 Å². The molecule has 2 heterocycles. The summed E-state index contributed by atoms with van der Waals surface area (Å²) in [6.07, 6.45) is 1.58. The summed E-state index contributed by atoms with van der Waals surface area (Å²) < 4.78 is 7.16. The highest BCUT2D eigenvalue weighted by molar-refractivity contribution is 6.08. The third kappa shape index (κ3) is 2.76. The fourth-order valence-electron chi connectivity index (χ4n) is 2.65. The number of rotatable bonds is 4. The van der Waals surface area contributed by atoms with Crippen molar-refractivity contribution in [3.63, 3.8) is 0 Å². The Labute approximate surface area is 143 Å². The van der Waals surface area contributed by atoms with Gasteiger partial charge in [-0.3, -0.25) is 9.20 Å². The number of ether oxygens (including phenoxy) is 1. The lowest BCUT2D eigenvalue weighted by Crippen LogP contribution is -2.15. The van der Waals surface area contributed by atoms with E-state index >= 15 is 0 Å². The second-order valence-corrected chi connectivity index (χ2v) is 5.39. The lowest BCUT2D eigenvalue weighted by atomic mass is 10.2. The first kappa shape index (κ1) is 15.1. The van der Waals surface area contributed by atoms with Crippen LogP contribution in [0.15, 0.2) is 54.9 Å². The van der Waals surface area contributed by atoms with Gasteiger partial charge in [-0.05, 0) is 43.3 Å². The molecule has 124 valence electrons. The number of para-hydroxylation sites is 2. The van der Waals surface area contributed by atoms with Crippen molar-refractivity contribution in [3.8, 4) is 5.75 Å². The molecule has 4 rings (SSSR count). The number of fused-ring (bicyclic) bond motifs is 3. The maximum Gasteiger partial charge on any atom is 0.278 e. The normalized spacial score (nSPS) is 10.9. The Bertz CT molecular complexity index is 1060. The van der Waals surface area contributed by atoms with E-state index in [4.69, 9.17) is 4.74 Å². The summed E-state index contributed by atoms with van der Waals surface area (Å²) in [5.74, 6) is 0.414. The van der Waals surface area contributed by atoms with Crippen molar-refractivity contribution < 1.29 is 9.53 Å². The van der Waals surface area contributed by atoms with E-state index in [0.717, 1.165) is 11.3 Å². The third-order valence-electron chi connectivity index (χ3n) is 3.77. The van der Waals surface area contributed by atoms with Crippen LogP contribution in [0.5, 0.6) is 5.75 Å². The molecule has 1 amide bonds. The highest BCUT2D eigenvalue weighted by Gasteiger charge is 2.17. The Morgan fingerprint density at radius 1 is 1.16 bits per heavy atom. The topological polar surface area (TPSA) is 81.4 Å². The molecular weight excluding hydrogens is 318 g/mol.